The predicted octanol–water partition coefficient (Wildman–Crippen LogP) is 2.58. The van der Waals surface area contributed by atoms with Gasteiger partial charge in [0.1, 0.15) is 4.47 Å². The summed E-state index contributed by atoms with van der Waals surface area (Å²) in [6.45, 7) is 2.33. The van der Waals surface area contributed by atoms with Crippen LogP contribution in [-0.2, 0) is 6.54 Å². The molecule has 0 saturated heterocycles. The molecule has 0 aromatic carbocycles. The first-order valence-corrected chi connectivity index (χ1v) is 6.86. The SMILES string of the molecule is Cc1nc(Cn2ncc(Br)c(Br)c2=O)cs1. The van der Waals surface area contributed by atoms with E-state index in [2.05, 4.69) is 41.9 Å². The fraction of sp³-hybridized carbons (Fsp3) is 0.222. The molecule has 2 heterocycles. The number of thiazole rings is 1. The maximum atomic E-state index is 11.8. The van der Waals surface area contributed by atoms with Crippen LogP contribution >= 0.6 is 43.2 Å². The lowest BCUT2D eigenvalue weighted by Gasteiger charge is -2.03. The van der Waals surface area contributed by atoms with Crippen LogP contribution in [0.1, 0.15) is 10.7 Å². The molecule has 0 bridgehead atoms. The molecule has 16 heavy (non-hydrogen) atoms. The van der Waals surface area contributed by atoms with E-state index in [4.69, 9.17) is 0 Å². The predicted molar refractivity (Wildman–Crippen MR) is 69.9 cm³/mol. The molecule has 0 spiro atoms. The van der Waals surface area contributed by atoms with Crippen LogP contribution in [0.5, 0.6) is 0 Å². The summed E-state index contributed by atoms with van der Waals surface area (Å²) in [5.41, 5.74) is 0.686. The Balaban J connectivity index is 2.36. The summed E-state index contributed by atoms with van der Waals surface area (Å²) in [6, 6.07) is 0. The first kappa shape index (κ1) is 11.9. The molecule has 0 N–H and O–H groups in total. The van der Waals surface area contributed by atoms with Gasteiger partial charge < -0.3 is 0 Å². The molecular formula is C9H7Br2N3OS. The molecule has 0 aliphatic heterocycles. The number of nitrogens with zero attached hydrogens (tertiary/aromatic N) is 3. The Kier molecular flexibility index (Phi) is 3.56. The highest BCUT2D eigenvalue weighted by atomic mass is 79.9. The van der Waals surface area contributed by atoms with Gasteiger partial charge in [-0.15, -0.1) is 11.3 Å². The molecule has 2 aromatic rings. The molecular weight excluding hydrogens is 358 g/mol. The van der Waals surface area contributed by atoms with Crippen molar-refractivity contribution < 1.29 is 0 Å². The molecule has 0 atom stereocenters. The molecule has 0 aliphatic carbocycles. The van der Waals surface area contributed by atoms with Crippen molar-refractivity contribution in [3.63, 3.8) is 0 Å². The molecule has 84 valence electrons. The average molecular weight is 365 g/mol. The summed E-state index contributed by atoms with van der Waals surface area (Å²) >= 11 is 8.01. The zero-order valence-electron chi connectivity index (χ0n) is 8.28. The van der Waals surface area contributed by atoms with Crippen molar-refractivity contribution in [1.29, 1.82) is 0 Å². The van der Waals surface area contributed by atoms with E-state index in [0.717, 1.165) is 10.7 Å². The minimum atomic E-state index is -0.167. The zero-order chi connectivity index (χ0) is 11.7. The van der Waals surface area contributed by atoms with E-state index in [1.54, 1.807) is 17.5 Å². The van der Waals surface area contributed by atoms with Crippen LogP contribution in [0.15, 0.2) is 25.3 Å². The van der Waals surface area contributed by atoms with Gasteiger partial charge in [-0.05, 0) is 38.8 Å². The van der Waals surface area contributed by atoms with Gasteiger partial charge in [-0.3, -0.25) is 4.79 Å². The maximum absolute atomic E-state index is 11.8. The number of halogens is 2. The van der Waals surface area contributed by atoms with Gasteiger partial charge in [0.15, 0.2) is 0 Å². The minimum absolute atomic E-state index is 0.167. The Labute approximate surface area is 113 Å². The minimum Gasteiger partial charge on any atom is -0.266 e. The van der Waals surface area contributed by atoms with Gasteiger partial charge in [0.2, 0.25) is 0 Å². The van der Waals surface area contributed by atoms with Crippen LogP contribution < -0.4 is 5.56 Å². The van der Waals surface area contributed by atoms with E-state index < -0.39 is 0 Å². The summed E-state index contributed by atoms with van der Waals surface area (Å²) in [5, 5.41) is 6.95. The number of hydrogen-bond donors (Lipinski definition) is 0. The van der Waals surface area contributed by atoms with E-state index in [0.29, 0.717) is 15.5 Å². The second-order valence-corrected chi connectivity index (χ2v) is 5.84. The van der Waals surface area contributed by atoms with Gasteiger partial charge in [-0.2, -0.15) is 5.10 Å². The number of aryl methyl sites for hydroxylation is 1. The van der Waals surface area contributed by atoms with Crippen LogP contribution in [0, 0.1) is 6.92 Å². The third-order valence-corrected chi connectivity index (χ3v) is 4.64. The van der Waals surface area contributed by atoms with Crippen LogP contribution in [0.3, 0.4) is 0 Å². The van der Waals surface area contributed by atoms with Crippen molar-refractivity contribution >= 4 is 43.2 Å². The summed E-state index contributed by atoms with van der Waals surface area (Å²) in [7, 11) is 0. The maximum Gasteiger partial charge on any atom is 0.282 e. The fourth-order valence-corrected chi connectivity index (χ4v) is 2.36. The second kappa shape index (κ2) is 4.77. The number of hydrogen-bond acceptors (Lipinski definition) is 4. The Bertz CT molecular complexity index is 578. The van der Waals surface area contributed by atoms with Crippen molar-refractivity contribution in [2.24, 2.45) is 0 Å². The average Bonchev–Trinajstić information content (AvgIpc) is 2.65. The quantitative estimate of drug-likeness (QED) is 0.822. The highest BCUT2D eigenvalue weighted by Gasteiger charge is 2.08. The van der Waals surface area contributed by atoms with Crippen LogP contribution in [0.4, 0.5) is 0 Å². The summed E-state index contributed by atoms with van der Waals surface area (Å²) < 4.78 is 2.52. The first-order valence-electron chi connectivity index (χ1n) is 4.40. The molecule has 0 fully saturated rings. The smallest absolute Gasteiger partial charge is 0.266 e. The Hall–Kier alpha value is -0.530. The van der Waals surface area contributed by atoms with Crippen molar-refractivity contribution in [3.8, 4) is 0 Å². The molecule has 7 heteroatoms. The van der Waals surface area contributed by atoms with Crippen LogP contribution in [0.25, 0.3) is 0 Å². The molecule has 0 saturated carbocycles. The van der Waals surface area contributed by atoms with Crippen LogP contribution in [-0.4, -0.2) is 14.8 Å². The normalized spacial score (nSPS) is 10.7. The zero-order valence-corrected chi connectivity index (χ0v) is 12.3. The van der Waals surface area contributed by atoms with E-state index in [-0.39, 0.29) is 5.56 Å². The Morgan fingerprint density at radius 2 is 2.25 bits per heavy atom. The monoisotopic (exact) mass is 363 g/mol. The van der Waals surface area contributed by atoms with Gasteiger partial charge in [0, 0.05) is 5.38 Å². The van der Waals surface area contributed by atoms with E-state index >= 15 is 0 Å². The lowest BCUT2D eigenvalue weighted by Crippen LogP contribution is -2.24. The van der Waals surface area contributed by atoms with Crippen molar-refractivity contribution in [2.45, 2.75) is 13.5 Å². The third-order valence-electron chi connectivity index (χ3n) is 1.92. The first-order chi connectivity index (χ1) is 7.58. The molecule has 0 aliphatic rings. The largest absolute Gasteiger partial charge is 0.282 e. The van der Waals surface area contributed by atoms with Gasteiger partial charge in [0.25, 0.3) is 5.56 Å². The molecule has 4 nitrogen and oxygen atoms in total. The van der Waals surface area contributed by atoms with E-state index in [1.165, 1.54) is 4.68 Å². The van der Waals surface area contributed by atoms with Gasteiger partial charge >= 0.3 is 0 Å². The summed E-state index contributed by atoms with van der Waals surface area (Å²) in [6.07, 6.45) is 1.59. The summed E-state index contributed by atoms with van der Waals surface area (Å²) in [5.74, 6) is 0. The molecule has 2 rings (SSSR count). The topological polar surface area (TPSA) is 47.8 Å². The van der Waals surface area contributed by atoms with Crippen molar-refractivity contribution in [2.75, 3.05) is 0 Å². The number of aromatic nitrogens is 3. The highest BCUT2D eigenvalue weighted by Crippen LogP contribution is 2.17. The molecule has 0 radical (unpaired) electrons. The second-order valence-electron chi connectivity index (χ2n) is 3.13. The standard InChI is InChI=1S/C9H7Br2N3OS/c1-5-13-6(4-16-5)3-14-9(15)8(11)7(10)2-12-14/h2,4H,3H2,1H3. The summed E-state index contributed by atoms with van der Waals surface area (Å²) in [4.78, 5) is 16.1. The van der Waals surface area contributed by atoms with E-state index in [1.807, 2.05) is 12.3 Å². The van der Waals surface area contributed by atoms with Gasteiger partial charge in [-0.25, -0.2) is 9.67 Å². The molecule has 0 amide bonds. The highest BCUT2D eigenvalue weighted by molar-refractivity contribution is 9.13. The lowest BCUT2D eigenvalue weighted by atomic mass is 10.5. The van der Waals surface area contributed by atoms with Gasteiger partial charge in [0.05, 0.1) is 27.9 Å². The number of rotatable bonds is 2. The fourth-order valence-electron chi connectivity index (χ4n) is 1.19. The Morgan fingerprint density at radius 3 is 2.88 bits per heavy atom. The molecule has 0 unspecified atom stereocenters. The van der Waals surface area contributed by atoms with Crippen molar-refractivity contribution in [1.82, 2.24) is 14.8 Å². The van der Waals surface area contributed by atoms with E-state index in [9.17, 15) is 4.79 Å². The lowest BCUT2D eigenvalue weighted by molar-refractivity contribution is 0.624. The van der Waals surface area contributed by atoms with Gasteiger partial charge in [-0.1, -0.05) is 0 Å². The Morgan fingerprint density at radius 1 is 1.50 bits per heavy atom. The van der Waals surface area contributed by atoms with Crippen LogP contribution in [0.2, 0.25) is 0 Å². The van der Waals surface area contributed by atoms with Crippen molar-refractivity contribution in [3.05, 3.63) is 41.6 Å². The molecule has 2 aromatic heterocycles. The third kappa shape index (κ3) is 2.41.